The molecule has 1 fully saturated rings. The highest BCUT2D eigenvalue weighted by molar-refractivity contribution is 5.78. The summed E-state index contributed by atoms with van der Waals surface area (Å²) in [4.78, 5) is 11.6. The summed E-state index contributed by atoms with van der Waals surface area (Å²) in [5.74, 6) is 1.16. The van der Waals surface area contributed by atoms with Crippen molar-refractivity contribution in [3.05, 3.63) is 23.8 Å². The van der Waals surface area contributed by atoms with Crippen molar-refractivity contribution in [2.45, 2.75) is 25.4 Å². The lowest BCUT2D eigenvalue weighted by atomic mass is 10.2. The van der Waals surface area contributed by atoms with Gasteiger partial charge in [-0.2, -0.15) is 0 Å². The lowest BCUT2D eigenvalue weighted by Gasteiger charge is -2.12. The molecule has 0 unspecified atom stereocenters. The molecule has 2 N–H and O–H groups in total. The zero-order valence-electron chi connectivity index (χ0n) is 11.4. The molecule has 0 heterocycles. The van der Waals surface area contributed by atoms with Crippen LogP contribution in [0.15, 0.2) is 18.2 Å². The number of rotatable bonds is 7. The van der Waals surface area contributed by atoms with Crippen molar-refractivity contribution in [3.8, 4) is 11.5 Å². The molecule has 5 heteroatoms. The Morgan fingerprint density at radius 1 is 1.37 bits per heavy atom. The Bertz CT molecular complexity index is 444. The molecule has 0 atom stereocenters. The molecule has 1 aliphatic rings. The maximum atomic E-state index is 11.6. The van der Waals surface area contributed by atoms with Gasteiger partial charge in [0.2, 0.25) is 0 Å². The van der Waals surface area contributed by atoms with Gasteiger partial charge in [-0.25, -0.2) is 0 Å². The molecular weight excluding hydrogens is 244 g/mol. The molecule has 5 nitrogen and oxygen atoms in total. The van der Waals surface area contributed by atoms with Gasteiger partial charge in [-0.05, 0) is 37.6 Å². The number of amides is 1. The van der Waals surface area contributed by atoms with Crippen LogP contribution in [0.1, 0.15) is 18.4 Å². The number of methoxy groups -OCH3 is 1. The molecule has 0 aliphatic heterocycles. The second-order valence-corrected chi connectivity index (χ2v) is 4.65. The highest BCUT2D eigenvalue weighted by atomic mass is 16.5. The average Bonchev–Trinajstić information content (AvgIpc) is 3.21. The largest absolute Gasteiger partial charge is 0.493 e. The van der Waals surface area contributed by atoms with Crippen LogP contribution in [-0.2, 0) is 11.3 Å². The van der Waals surface area contributed by atoms with Crippen LogP contribution in [0.3, 0.4) is 0 Å². The van der Waals surface area contributed by atoms with Crippen LogP contribution in [0.5, 0.6) is 11.5 Å². The van der Waals surface area contributed by atoms with Crippen molar-refractivity contribution >= 4 is 5.91 Å². The van der Waals surface area contributed by atoms with Crippen LogP contribution in [0.25, 0.3) is 0 Å². The van der Waals surface area contributed by atoms with E-state index < -0.39 is 0 Å². The van der Waals surface area contributed by atoms with Gasteiger partial charge in [0.05, 0.1) is 7.11 Å². The second-order valence-electron chi connectivity index (χ2n) is 4.65. The molecule has 0 aromatic heterocycles. The third-order valence-electron chi connectivity index (χ3n) is 2.91. The van der Waals surface area contributed by atoms with E-state index in [-0.39, 0.29) is 12.5 Å². The first-order chi connectivity index (χ1) is 9.22. The Kier molecular flexibility index (Phi) is 4.63. The normalized spacial score (nSPS) is 14.0. The van der Waals surface area contributed by atoms with Crippen LogP contribution in [0.2, 0.25) is 0 Å². The van der Waals surface area contributed by atoms with Gasteiger partial charge in [-0.3, -0.25) is 4.79 Å². The Morgan fingerprint density at radius 2 is 2.16 bits per heavy atom. The van der Waals surface area contributed by atoms with E-state index >= 15 is 0 Å². The van der Waals surface area contributed by atoms with Crippen molar-refractivity contribution < 1.29 is 14.3 Å². The summed E-state index contributed by atoms with van der Waals surface area (Å²) in [5, 5.41) is 5.96. The summed E-state index contributed by atoms with van der Waals surface area (Å²) in [6.07, 6.45) is 2.15. The summed E-state index contributed by atoms with van der Waals surface area (Å²) in [6, 6.07) is 6.06. The predicted octanol–water partition coefficient (Wildman–Crippen LogP) is 1.07. The first-order valence-electron chi connectivity index (χ1n) is 6.46. The summed E-state index contributed by atoms with van der Waals surface area (Å²) in [6.45, 7) is 0.768. The fraction of sp³-hybridized carbons (Fsp3) is 0.500. The fourth-order valence-electron chi connectivity index (χ4n) is 1.79. The van der Waals surface area contributed by atoms with E-state index in [4.69, 9.17) is 9.47 Å². The molecule has 1 saturated carbocycles. The highest BCUT2D eigenvalue weighted by Gasteiger charge is 2.23. The fourth-order valence-corrected chi connectivity index (χ4v) is 1.79. The van der Waals surface area contributed by atoms with Gasteiger partial charge in [-0.15, -0.1) is 0 Å². The molecule has 0 spiro atoms. The molecule has 0 radical (unpaired) electrons. The second kappa shape index (κ2) is 6.43. The summed E-state index contributed by atoms with van der Waals surface area (Å²) < 4.78 is 10.8. The standard InChI is InChI=1S/C14H20N2O3/c1-15-8-10-3-6-12(18-2)13(7-10)19-9-14(17)16-11-4-5-11/h3,6-7,11,15H,4-5,8-9H2,1-2H3,(H,16,17). The minimum atomic E-state index is -0.0800. The van der Waals surface area contributed by atoms with Crippen LogP contribution in [0.4, 0.5) is 0 Å². The number of benzene rings is 1. The number of hydrogen-bond donors (Lipinski definition) is 2. The summed E-state index contributed by atoms with van der Waals surface area (Å²) in [5.41, 5.74) is 1.08. The van der Waals surface area contributed by atoms with Crippen molar-refractivity contribution in [1.82, 2.24) is 10.6 Å². The highest BCUT2D eigenvalue weighted by Crippen LogP contribution is 2.28. The monoisotopic (exact) mass is 264 g/mol. The summed E-state index contributed by atoms with van der Waals surface area (Å²) in [7, 11) is 3.47. The number of ether oxygens (including phenoxy) is 2. The van der Waals surface area contributed by atoms with Crippen LogP contribution < -0.4 is 20.1 Å². The minimum absolute atomic E-state index is 0.0237. The molecule has 1 aromatic rings. The molecule has 1 aliphatic carbocycles. The molecule has 1 amide bonds. The smallest absolute Gasteiger partial charge is 0.258 e. The van der Waals surface area contributed by atoms with Gasteiger partial charge in [0.15, 0.2) is 18.1 Å². The number of carbonyl (C=O) groups excluding carboxylic acids is 1. The van der Waals surface area contributed by atoms with E-state index in [0.29, 0.717) is 17.5 Å². The Balaban J connectivity index is 1.95. The van der Waals surface area contributed by atoms with Crippen LogP contribution in [-0.4, -0.2) is 32.7 Å². The van der Waals surface area contributed by atoms with Crippen LogP contribution >= 0.6 is 0 Å². The zero-order chi connectivity index (χ0) is 13.7. The van der Waals surface area contributed by atoms with Gasteiger partial charge in [0, 0.05) is 12.6 Å². The Morgan fingerprint density at radius 3 is 2.79 bits per heavy atom. The molecule has 0 bridgehead atoms. The Hall–Kier alpha value is -1.75. The lowest BCUT2D eigenvalue weighted by molar-refractivity contribution is -0.123. The maximum absolute atomic E-state index is 11.6. The van der Waals surface area contributed by atoms with Crippen molar-refractivity contribution in [1.29, 1.82) is 0 Å². The lowest BCUT2D eigenvalue weighted by Crippen LogP contribution is -2.30. The third-order valence-corrected chi connectivity index (χ3v) is 2.91. The van der Waals surface area contributed by atoms with E-state index in [1.807, 2.05) is 25.2 Å². The first-order valence-corrected chi connectivity index (χ1v) is 6.46. The molecule has 1 aromatic carbocycles. The summed E-state index contributed by atoms with van der Waals surface area (Å²) >= 11 is 0. The van der Waals surface area contributed by atoms with E-state index in [9.17, 15) is 4.79 Å². The number of hydrogen-bond acceptors (Lipinski definition) is 4. The average molecular weight is 264 g/mol. The van der Waals surface area contributed by atoms with E-state index in [0.717, 1.165) is 24.9 Å². The van der Waals surface area contributed by atoms with E-state index in [2.05, 4.69) is 10.6 Å². The van der Waals surface area contributed by atoms with Crippen molar-refractivity contribution in [2.75, 3.05) is 20.8 Å². The van der Waals surface area contributed by atoms with E-state index in [1.165, 1.54) is 0 Å². The maximum Gasteiger partial charge on any atom is 0.258 e. The molecule has 2 rings (SSSR count). The molecule has 19 heavy (non-hydrogen) atoms. The zero-order valence-corrected chi connectivity index (χ0v) is 11.4. The minimum Gasteiger partial charge on any atom is -0.493 e. The molecule has 0 saturated heterocycles. The van der Waals surface area contributed by atoms with Crippen LogP contribution in [0, 0.1) is 0 Å². The quantitative estimate of drug-likeness (QED) is 0.773. The van der Waals surface area contributed by atoms with Crippen molar-refractivity contribution in [3.63, 3.8) is 0 Å². The van der Waals surface area contributed by atoms with Gasteiger partial charge in [0.25, 0.3) is 5.91 Å². The molecule has 104 valence electrons. The topological polar surface area (TPSA) is 59.6 Å². The van der Waals surface area contributed by atoms with Gasteiger partial charge >= 0.3 is 0 Å². The third kappa shape index (κ3) is 4.13. The number of nitrogens with one attached hydrogen (secondary N) is 2. The van der Waals surface area contributed by atoms with Crippen molar-refractivity contribution in [2.24, 2.45) is 0 Å². The van der Waals surface area contributed by atoms with E-state index in [1.54, 1.807) is 7.11 Å². The van der Waals surface area contributed by atoms with Gasteiger partial charge in [-0.1, -0.05) is 6.07 Å². The van der Waals surface area contributed by atoms with Gasteiger partial charge < -0.3 is 20.1 Å². The SMILES string of the molecule is CNCc1ccc(OC)c(OCC(=O)NC2CC2)c1. The Labute approximate surface area is 113 Å². The van der Waals surface area contributed by atoms with Gasteiger partial charge in [0.1, 0.15) is 0 Å². The molecular formula is C14H20N2O3. The number of carbonyl (C=O) groups is 1. The first kappa shape index (κ1) is 13.7. The predicted molar refractivity (Wildman–Crippen MR) is 72.4 cm³/mol.